The molecule has 2 heterocycles. The Morgan fingerprint density at radius 2 is 2.19 bits per heavy atom. The van der Waals surface area contributed by atoms with Crippen LogP contribution in [0.25, 0.3) is 0 Å². The highest BCUT2D eigenvalue weighted by Gasteiger charge is 2.32. The first-order valence-corrected chi connectivity index (χ1v) is 7.66. The van der Waals surface area contributed by atoms with Gasteiger partial charge in [-0.05, 0) is 37.5 Å². The second kappa shape index (κ2) is 6.20. The van der Waals surface area contributed by atoms with E-state index < -0.39 is 5.82 Å². The van der Waals surface area contributed by atoms with E-state index in [2.05, 4.69) is 0 Å². The summed E-state index contributed by atoms with van der Waals surface area (Å²) in [6, 6.07) is 4.30. The van der Waals surface area contributed by atoms with Gasteiger partial charge in [-0.1, -0.05) is 11.6 Å². The zero-order valence-electron chi connectivity index (χ0n) is 11.7. The maximum Gasteiger partial charge on any atom is 0.324 e. The number of anilines is 1. The van der Waals surface area contributed by atoms with Gasteiger partial charge in [0.1, 0.15) is 5.82 Å². The number of benzene rings is 1. The van der Waals surface area contributed by atoms with Crippen molar-refractivity contribution in [2.75, 3.05) is 31.1 Å². The van der Waals surface area contributed by atoms with Gasteiger partial charge in [0.15, 0.2) is 0 Å². The molecule has 1 unspecified atom stereocenters. The highest BCUT2D eigenvalue weighted by molar-refractivity contribution is 6.31. The van der Waals surface area contributed by atoms with Crippen LogP contribution in [0.15, 0.2) is 18.2 Å². The minimum atomic E-state index is -0.473. The van der Waals surface area contributed by atoms with E-state index in [0.29, 0.717) is 25.3 Å². The Bertz CT molecular complexity index is 534. The SMILES string of the molecule is O=C1N(CC2CCCCO2)CCN1c1ccc(F)c(Cl)c1. The third-order valence-corrected chi connectivity index (χ3v) is 4.30. The van der Waals surface area contributed by atoms with Gasteiger partial charge in [0.2, 0.25) is 0 Å². The summed E-state index contributed by atoms with van der Waals surface area (Å²) in [5.41, 5.74) is 0.637. The summed E-state index contributed by atoms with van der Waals surface area (Å²) >= 11 is 5.79. The smallest absolute Gasteiger partial charge is 0.324 e. The Hall–Kier alpha value is -1.33. The standard InChI is InChI=1S/C15H18ClFN2O2/c16-13-9-11(4-5-14(13)17)19-7-6-18(15(19)20)10-12-3-1-2-8-21-12/h4-5,9,12H,1-3,6-8,10H2. The van der Waals surface area contributed by atoms with Crippen molar-refractivity contribution in [2.24, 2.45) is 0 Å². The van der Waals surface area contributed by atoms with Crippen LogP contribution < -0.4 is 4.90 Å². The summed E-state index contributed by atoms with van der Waals surface area (Å²) in [7, 11) is 0. The molecule has 2 aliphatic rings. The van der Waals surface area contributed by atoms with E-state index in [1.807, 2.05) is 0 Å². The van der Waals surface area contributed by atoms with E-state index >= 15 is 0 Å². The molecule has 0 saturated carbocycles. The Balaban J connectivity index is 1.66. The molecule has 0 aliphatic carbocycles. The number of rotatable bonds is 3. The lowest BCUT2D eigenvalue weighted by Gasteiger charge is -2.27. The van der Waals surface area contributed by atoms with Gasteiger partial charge in [-0.3, -0.25) is 4.90 Å². The van der Waals surface area contributed by atoms with Gasteiger partial charge in [0.25, 0.3) is 0 Å². The van der Waals surface area contributed by atoms with Gasteiger partial charge < -0.3 is 9.64 Å². The normalized spacial score (nSPS) is 23.0. The minimum absolute atomic E-state index is 0.0364. The molecule has 1 aromatic rings. The lowest BCUT2D eigenvalue weighted by molar-refractivity contribution is 0.00338. The van der Waals surface area contributed by atoms with Gasteiger partial charge in [-0.15, -0.1) is 0 Å². The van der Waals surface area contributed by atoms with Crippen LogP contribution in [0.4, 0.5) is 14.9 Å². The van der Waals surface area contributed by atoms with Crippen LogP contribution in [0.1, 0.15) is 19.3 Å². The number of hydrogen-bond donors (Lipinski definition) is 0. The topological polar surface area (TPSA) is 32.8 Å². The lowest BCUT2D eigenvalue weighted by atomic mass is 10.1. The number of hydrogen-bond acceptors (Lipinski definition) is 2. The molecule has 2 amide bonds. The summed E-state index contributed by atoms with van der Waals surface area (Å²) in [4.78, 5) is 15.9. The Kier molecular flexibility index (Phi) is 4.31. The van der Waals surface area contributed by atoms with Crippen LogP contribution in [0.2, 0.25) is 5.02 Å². The molecule has 3 rings (SSSR count). The highest BCUT2D eigenvalue weighted by atomic mass is 35.5. The molecular formula is C15H18ClFN2O2. The molecule has 6 heteroatoms. The number of urea groups is 1. The van der Waals surface area contributed by atoms with Crippen molar-refractivity contribution in [3.8, 4) is 0 Å². The lowest BCUT2D eigenvalue weighted by Crippen LogP contribution is -2.39. The first kappa shape index (κ1) is 14.6. The summed E-state index contributed by atoms with van der Waals surface area (Å²) < 4.78 is 18.9. The van der Waals surface area contributed by atoms with E-state index in [-0.39, 0.29) is 17.2 Å². The van der Waals surface area contributed by atoms with Crippen molar-refractivity contribution >= 4 is 23.3 Å². The van der Waals surface area contributed by atoms with E-state index in [0.717, 1.165) is 25.9 Å². The second-order valence-electron chi connectivity index (χ2n) is 5.47. The monoisotopic (exact) mass is 312 g/mol. The minimum Gasteiger partial charge on any atom is -0.376 e. The molecule has 0 spiro atoms. The third kappa shape index (κ3) is 3.14. The van der Waals surface area contributed by atoms with Crippen molar-refractivity contribution in [2.45, 2.75) is 25.4 Å². The molecule has 114 valence electrons. The average molecular weight is 313 g/mol. The molecule has 0 aromatic heterocycles. The van der Waals surface area contributed by atoms with Crippen molar-refractivity contribution < 1.29 is 13.9 Å². The molecule has 2 fully saturated rings. The number of nitrogens with zero attached hydrogens (tertiary/aromatic N) is 2. The molecule has 21 heavy (non-hydrogen) atoms. The quantitative estimate of drug-likeness (QED) is 0.858. The molecule has 0 radical (unpaired) electrons. The van der Waals surface area contributed by atoms with Gasteiger partial charge in [-0.25, -0.2) is 9.18 Å². The van der Waals surface area contributed by atoms with Crippen LogP contribution in [-0.2, 0) is 4.74 Å². The fourth-order valence-electron chi connectivity index (χ4n) is 2.84. The van der Waals surface area contributed by atoms with Crippen LogP contribution in [0, 0.1) is 5.82 Å². The number of halogens is 2. The van der Waals surface area contributed by atoms with Gasteiger partial charge in [0, 0.05) is 31.9 Å². The molecule has 2 saturated heterocycles. The average Bonchev–Trinajstić information content (AvgIpc) is 2.84. The number of ether oxygens (including phenoxy) is 1. The zero-order valence-corrected chi connectivity index (χ0v) is 12.5. The molecular weight excluding hydrogens is 295 g/mol. The first-order chi connectivity index (χ1) is 10.1. The Labute approximate surface area is 128 Å². The number of carbonyl (C=O) groups excluding carboxylic acids is 1. The molecule has 1 aromatic carbocycles. The van der Waals surface area contributed by atoms with Gasteiger partial charge in [0.05, 0.1) is 11.1 Å². The van der Waals surface area contributed by atoms with Crippen molar-refractivity contribution in [1.29, 1.82) is 0 Å². The van der Waals surface area contributed by atoms with Crippen LogP contribution >= 0.6 is 11.6 Å². The van der Waals surface area contributed by atoms with Gasteiger partial charge in [-0.2, -0.15) is 0 Å². The maximum absolute atomic E-state index is 13.2. The van der Waals surface area contributed by atoms with Crippen molar-refractivity contribution in [3.05, 3.63) is 29.0 Å². The van der Waals surface area contributed by atoms with E-state index in [1.54, 1.807) is 15.9 Å². The predicted molar refractivity (Wildman–Crippen MR) is 79.3 cm³/mol. The van der Waals surface area contributed by atoms with E-state index in [9.17, 15) is 9.18 Å². The Morgan fingerprint density at radius 3 is 2.90 bits per heavy atom. The third-order valence-electron chi connectivity index (χ3n) is 4.01. The maximum atomic E-state index is 13.2. The fraction of sp³-hybridized carbons (Fsp3) is 0.533. The summed E-state index contributed by atoms with van der Waals surface area (Å²) in [6.45, 7) is 2.66. The van der Waals surface area contributed by atoms with Crippen LogP contribution in [0.5, 0.6) is 0 Å². The summed E-state index contributed by atoms with van der Waals surface area (Å²) in [5, 5.41) is 0.0364. The van der Waals surface area contributed by atoms with Crippen molar-refractivity contribution in [3.63, 3.8) is 0 Å². The van der Waals surface area contributed by atoms with E-state index in [4.69, 9.17) is 16.3 Å². The number of amides is 2. The molecule has 1 atom stereocenters. The highest BCUT2D eigenvalue weighted by Crippen LogP contribution is 2.26. The predicted octanol–water partition coefficient (Wildman–Crippen LogP) is 3.29. The largest absolute Gasteiger partial charge is 0.376 e. The molecule has 0 bridgehead atoms. The fourth-order valence-corrected chi connectivity index (χ4v) is 3.02. The first-order valence-electron chi connectivity index (χ1n) is 7.28. The molecule has 4 nitrogen and oxygen atoms in total. The second-order valence-corrected chi connectivity index (χ2v) is 5.87. The van der Waals surface area contributed by atoms with Crippen molar-refractivity contribution in [1.82, 2.24) is 4.90 Å². The van der Waals surface area contributed by atoms with Crippen LogP contribution in [0.3, 0.4) is 0 Å². The zero-order chi connectivity index (χ0) is 14.8. The number of carbonyl (C=O) groups is 1. The molecule has 0 N–H and O–H groups in total. The van der Waals surface area contributed by atoms with Crippen LogP contribution in [-0.4, -0.2) is 43.3 Å². The summed E-state index contributed by atoms with van der Waals surface area (Å²) in [6.07, 6.45) is 3.40. The summed E-state index contributed by atoms with van der Waals surface area (Å²) in [5.74, 6) is -0.473. The molecule has 2 aliphatic heterocycles. The Morgan fingerprint density at radius 1 is 1.33 bits per heavy atom. The van der Waals surface area contributed by atoms with E-state index in [1.165, 1.54) is 12.1 Å². The van der Waals surface area contributed by atoms with Gasteiger partial charge >= 0.3 is 6.03 Å².